The molecule has 0 saturated carbocycles. The second-order valence-electron chi connectivity index (χ2n) is 7.59. The highest BCUT2D eigenvalue weighted by atomic mass is 16.5. The van der Waals surface area contributed by atoms with E-state index in [-0.39, 0.29) is 5.91 Å². The first-order chi connectivity index (χ1) is 15.2. The van der Waals surface area contributed by atoms with E-state index in [9.17, 15) is 4.79 Å². The van der Waals surface area contributed by atoms with Gasteiger partial charge in [0.05, 0.1) is 26.5 Å². The number of rotatable bonds is 9. The molecule has 2 heterocycles. The smallest absolute Gasteiger partial charge is 0.236 e. The van der Waals surface area contributed by atoms with Gasteiger partial charge in [-0.05, 0) is 43.7 Å². The molecule has 8 nitrogen and oxygen atoms in total. The third kappa shape index (κ3) is 6.07. The van der Waals surface area contributed by atoms with Crippen LogP contribution < -0.4 is 19.7 Å². The number of ether oxygens (including phenoxy) is 2. The molecule has 31 heavy (non-hydrogen) atoms. The summed E-state index contributed by atoms with van der Waals surface area (Å²) in [6.45, 7) is 6.54. The molecule has 0 radical (unpaired) electrons. The van der Waals surface area contributed by atoms with Crippen molar-refractivity contribution in [1.29, 1.82) is 0 Å². The molecule has 1 saturated heterocycles. The van der Waals surface area contributed by atoms with Crippen LogP contribution in [0.15, 0.2) is 30.3 Å². The van der Waals surface area contributed by atoms with Crippen LogP contribution in [0.5, 0.6) is 11.5 Å². The van der Waals surface area contributed by atoms with E-state index in [1.807, 2.05) is 35.2 Å². The van der Waals surface area contributed by atoms with Gasteiger partial charge in [0.2, 0.25) is 5.91 Å². The van der Waals surface area contributed by atoms with Crippen molar-refractivity contribution in [2.24, 2.45) is 0 Å². The molecule has 0 unspecified atom stereocenters. The molecule has 0 aliphatic carbocycles. The Morgan fingerprint density at radius 2 is 1.94 bits per heavy atom. The van der Waals surface area contributed by atoms with E-state index in [0.29, 0.717) is 18.8 Å². The van der Waals surface area contributed by atoms with Gasteiger partial charge in [0, 0.05) is 37.8 Å². The molecule has 0 bridgehead atoms. The Kier molecular flexibility index (Phi) is 8.46. The van der Waals surface area contributed by atoms with Crippen molar-refractivity contribution in [2.45, 2.75) is 26.2 Å². The first-order valence-electron chi connectivity index (χ1n) is 11.0. The predicted molar refractivity (Wildman–Crippen MR) is 122 cm³/mol. The highest BCUT2D eigenvalue weighted by Gasteiger charge is 2.20. The Hall–Kier alpha value is -2.87. The zero-order valence-corrected chi connectivity index (χ0v) is 18.8. The number of hydrogen-bond donors (Lipinski definition) is 1. The highest BCUT2D eigenvalue weighted by Crippen LogP contribution is 2.32. The van der Waals surface area contributed by atoms with E-state index in [1.165, 1.54) is 0 Å². The van der Waals surface area contributed by atoms with Crippen LogP contribution in [0.1, 0.15) is 26.2 Å². The second kappa shape index (κ2) is 11.5. The van der Waals surface area contributed by atoms with Gasteiger partial charge >= 0.3 is 0 Å². The molecule has 0 atom stereocenters. The Morgan fingerprint density at radius 3 is 2.65 bits per heavy atom. The number of nitrogens with one attached hydrogen (secondary N) is 1. The molecular weight excluding hydrogens is 394 g/mol. The van der Waals surface area contributed by atoms with Gasteiger partial charge in [-0.25, -0.2) is 0 Å². The van der Waals surface area contributed by atoms with Gasteiger partial charge < -0.3 is 24.6 Å². The summed E-state index contributed by atoms with van der Waals surface area (Å²) in [6, 6.07) is 9.58. The Bertz CT molecular complexity index is 844. The van der Waals surface area contributed by atoms with Crippen LogP contribution in [0.25, 0.3) is 11.3 Å². The largest absolute Gasteiger partial charge is 0.497 e. The maximum Gasteiger partial charge on any atom is 0.236 e. The minimum atomic E-state index is 0.172. The van der Waals surface area contributed by atoms with E-state index in [1.54, 1.807) is 14.2 Å². The first-order valence-corrected chi connectivity index (χ1v) is 11.0. The summed E-state index contributed by atoms with van der Waals surface area (Å²) in [6.07, 6.45) is 3.14. The van der Waals surface area contributed by atoms with Crippen LogP contribution in [0, 0.1) is 0 Å². The van der Waals surface area contributed by atoms with E-state index in [4.69, 9.17) is 9.47 Å². The second-order valence-corrected chi connectivity index (χ2v) is 7.59. The maximum absolute atomic E-state index is 12.5. The molecule has 1 aromatic heterocycles. The average Bonchev–Trinajstić information content (AvgIpc) is 3.08. The van der Waals surface area contributed by atoms with Crippen molar-refractivity contribution in [3.63, 3.8) is 0 Å². The number of methoxy groups -OCH3 is 2. The minimum Gasteiger partial charge on any atom is -0.497 e. The summed E-state index contributed by atoms with van der Waals surface area (Å²) >= 11 is 0. The summed E-state index contributed by atoms with van der Waals surface area (Å²) in [4.78, 5) is 16.6. The molecule has 1 aromatic carbocycles. The summed E-state index contributed by atoms with van der Waals surface area (Å²) in [5.41, 5.74) is 1.61. The standard InChI is InChI=1S/C23H33N5O3/c1-4-5-11-24-17-23(29)28-13-6-12-27(14-15-28)22-10-9-20(25-26-22)19-8-7-18(30-2)16-21(19)31-3/h7-10,16,24H,4-6,11-15,17H2,1-3H3. The number of hydrogen-bond acceptors (Lipinski definition) is 7. The zero-order chi connectivity index (χ0) is 22.1. The molecule has 1 N–H and O–H groups in total. The zero-order valence-electron chi connectivity index (χ0n) is 18.8. The predicted octanol–water partition coefficient (Wildman–Crippen LogP) is 2.59. The summed E-state index contributed by atoms with van der Waals surface area (Å²) in [5, 5.41) is 12.1. The SMILES string of the molecule is CCCCNCC(=O)N1CCCN(c2ccc(-c3ccc(OC)cc3OC)nn2)CC1. The van der Waals surface area contributed by atoms with Crippen molar-refractivity contribution < 1.29 is 14.3 Å². The van der Waals surface area contributed by atoms with Gasteiger partial charge in [0.1, 0.15) is 11.5 Å². The van der Waals surface area contributed by atoms with Crippen LogP contribution in [0.4, 0.5) is 5.82 Å². The lowest BCUT2D eigenvalue weighted by molar-refractivity contribution is -0.130. The number of benzene rings is 1. The van der Waals surface area contributed by atoms with Crippen LogP contribution >= 0.6 is 0 Å². The number of anilines is 1. The van der Waals surface area contributed by atoms with Crippen molar-refractivity contribution in [3.05, 3.63) is 30.3 Å². The van der Waals surface area contributed by atoms with Gasteiger partial charge in [0.15, 0.2) is 5.82 Å². The Labute approximate surface area is 184 Å². The molecule has 168 valence electrons. The fourth-order valence-electron chi connectivity index (χ4n) is 3.65. The number of nitrogens with zero attached hydrogens (tertiary/aromatic N) is 4. The summed E-state index contributed by atoms with van der Waals surface area (Å²) in [5.74, 6) is 2.42. The monoisotopic (exact) mass is 427 g/mol. The molecule has 2 aromatic rings. The average molecular weight is 428 g/mol. The van der Waals surface area contributed by atoms with Gasteiger partial charge in [0.25, 0.3) is 0 Å². The van der Waals surface area contributed by atoms with Crippen molar-refractivity contribution in [1.82, 2.24) is 20.4 Å². The van der Waals surface area contributed by atoms with Crippen molar-refractivity contribution >= 4 is 11.7 Å². The van der Waals surface area contributed by atoms with Gasteiger partial charge in [-0.15, -0.1) is 10.2 Å². The van der Waals surface area contributed by atoms with Crippen LogP contribution in [-0.2, 0) is 4.79 Å². The van der Waals surface area contributed by atoms with E-state index < -0.39 is 0 Å². The molecule has 1 fully saturated rings. The fourth-order valence-corrected chi connectivity index (χ4v) is 3.65. The topological polar surface area (TPSA) is 79.8 Å². The molecule has 3 rings (SSSR count). The quantitative estimate of drug-likeness (QED) is 0.616. The summed E-state index contributed by atoms with van der Waals surface area (Å²) in [7, 11) is 3.26. The van der Waals surface area contributed by atoms with Crippen molar-refractivity contribution in [3.8, 4) is 22.8 Å². The highest BCUT2D eigenvalue weighted by molar-refractivity contribution is 5.78. The van der Waals surface area contributed by atoms with Gasteiger partial charge in [-0.3, -0.25) is 4.79 Å². The molecule has 8 heteroatoms. The van der Waals surface area contributed by atoms with Crippen molar-refractivity contribution in [2.75, 3.05) is 58.4 Å². The van der Waals surface area contributed by atoms with E-state index in [2.05, 4.69) is 27.3 Å². The lowest BCUT2D eigenvalue weighted by Gasteiger charge is -2.23. The minimum absolute atomic E-state index is 0.172. The lowest BCUT2D eigenvalue weighted by Crippen LogP contribution is -2.40. The molecule has 1 aliphatic heterocycles. The first kappa shape index (κ1) is 22.8. The third-order valence-corrected chi connectivity index (χ3v) is 5.49. The number of amides is 1. The van der Waals surface area contributed by atoms with Gasteiger partial charge in [-0.1, -0.05) is 13.3 Å². The lowest BCUT2D eigenvalue weighted by atomic mass is 10.1. The van der Waals surface area contributed by atoms with Crippen LogP contribution in [0.2, 0.25) is 0 Å². The Morgan fingerprint density at radius 1 is 1.06 bits per heavy atom. The van der Waals surface area contributed by atoms with Gasteiger partial charge in [-0.2, -0.15) is 0 Å². The third-order valence-electron chi connectivity index (χ3n) is 5.49. The van der Waals surface area contributed by atoms with E-state index >= 15 is 0 Å². The molecule has 1 amide bonds. The normalized spacial score (nSPS) is 14.3. The van der Waals surface area contributed by atoms with Crippen LogP contribution in [0.3, 0.4) is 0 Å². The number of unbranched alkanes of at least 4 members (excludes halogenated alkanes) is 1. The maximum atomic E-state index is 12.5. The van der Waals surface area contributed by atoms with Crippen LogP contribution in [-0.4, -0.2) is 74.5 Å². The number of carbonyl (C=O) groups excluding carboxylic acids is 1. The summed E-state index contributed by atoms with van der Waals surface area (Å²) < 4.78 is 10.7. The Balaban J connectivity index is 1.61. The molecular formula is C23H33N5O3. The number of aromatic nitrogens is 2. The number of carbonyl (C=O) groups is 1. The molecule has 0 spiro atoms. The fraction of sp³-hybridized carbons (Fsp3) is 0.522. The molecule has 1 aliphatic rings. The van der Waals surface area contributed by atoms with E-state index in [0.717, 1.165) is 68.3 Å².